The largest absolute Gasteiger partial charge is 0.490 e. The molecule has 1 spiro atoms. The number of hydrogen-bond donors (Lipinski definition) is 1. The van der Waals surface area contributed by atoms with Gasteiger partial charge in [-0.1, -0.05) is 24.3 Å². The number of alkyl halides is 3. The number of aliphatic carboxylic acids is 1. The maximum absolute atomic E-state index is 12.9. The quantitative estimate of drug-likeness (QED) is 0.635. The van der Waals surface area contributed by atoms with Crippen LogP contribution in [-0.4, -0.2) is 69.7 Å². The summed E-state index contributed by atoms with van der Waals surface area (Å²) in [6.07, 6.45) is 2.63. The highest BCUT2D eigenvalue weighted by atomic mass is 19.4. The topological polar surface area (TPSA) is 83.0 Å². The lowest BCUT2D eigenvalue weighted by molar-refractivity contribution is -0.192. The summed E-state index contributed by atoms with van der Waals surface area (Å²) in [5.74, 6) is -1.20. The van der Waals surface area contributed by atoms with Crippen LogP contribution in [0.1, 0.15) is 55.7 Å². The summed E-state index contributed by atoms with van der Waals surface area (Å²) >= 11 is 0. The number of rotatable bonds is 4. The number of piperidine rings is 1. The second-order valence-electron chi connectivity index (χ2n) is 9.92. The summed E-state index contributed by atoms with van der Waals surface area (Å²) < 4.78 is 38.4. The Kier molecular flexibility index (Phi) is 8.36. The van der Waals surface area contributed by atoms with Crippen LogP contribution in [0.2, 0.25) is 0 Å². The summed E-state index contributed by atoms with van der Waals surface area (Å²) in [6, 6.07) is 14.5. The van der Waals surface area contributed by atoms with Crippen molar-refractivity contribution < 1.29 is 32.6 Å². The Bertz CT molecular complexity index is 1070. The summed E-state index contributed by atoms with van der Waals surface area (Å²) in [6.45, 7) is 4.76. The molecular formula is C27H32F3N3O4. The summed E-state index contributed by atoms with van der Waals surface area (Å²) in [7, 11) is 0. The molecule has 2 fully saturated rings. The molecule has 1 amide bonds. The van der Waals surface area contributed by atoms with E-state index in [1.54, 1.807) is 0 Å². The summed E-state index contributed by atoms with van der Waals surface area (Å²) in [5.41, 5.74) is 2.19. The number of benzene rings is 1. The molecular weight excluding hydrogens is 487 g/mol. The molecule has 5 rings (SSSR count). The minimum Gasteiger partial charge on any atom is -0.487 e. The van der Waals surface area contributed by atoms with Crippen molar-refractivity contribution in [2.24, 2.45) is 0 Å². The Balaban J connectivity index is 0.000000405. The molecule has 4 heterocycles. The molecule has 10 heteroatoms. The number of aromatic nitrogens is 1. The van der Waals surface area contributed by atoms with Crippen molar-refractivity contribution >= 4 is 11.9 Å². The number of amides is 1. The molecule has 0 saturated carbocycles. The fourth-order valence-electron chi connectivity index (χ4n) is 5.38. The van der Waals surface area contributed by atoms with Crippen LogP contribution in [0.5, 0.6) is 5.75 Å². The first kappa shape index (κ1) is 26.9. The number of carboxylic acid groups (broad SMARTS) is 1. The average molecular weight is 520 g/mol. The monoisotopic (exact) mass is 519 g/mol. The van der Waals surface area contributed by atoms with Crippen molar-refractivity contribution in [2.75, 3.05) is 26.2 Å². The highest BCUT2D eigenvalue weighted by molar-refractivity contribution is 5.77. The van der Waals surface area contributed by atoms with Gasteiger partial charge in [-0.15, -0.1) is 0 Å². The van der Waals surface area contributed by atoms with Crippen molar-refractivity contribution in [3.8, 4) is 5.75 Å². The molecule has 2 saturated heterocycles. The van der Waals surface area contributed by atoms with E-state index >= 15 is 0 Å². The minimum absolute atomic E-state index is 0.148. The molecule has 200 valence electrons. The number of nitrogens with zero attached hydrogens (tertiary/aromatic N) is 3. The van der Waals surface area contributed by atoms with Crippen molar-refractivity contribution in [3.05, 3.63) is 59.9 Å². The van der Waals surface area contributed by atoms with Gasteiger partial charge in [0.25, 0.3) is 0 Å². The summed E-state index contributed by atoms with van der Waals surface area (Å²) in [5, 5.41) is 7.12. The van der Waals surface area contributed by atoms with Gasteiger partial charge >= 0.3 is 12.1 Å². The van der Waals surface area contributed by atoms with Gasteiger partial charge in [-0.05, 0) is 55.9 Å². The van der Waals surface area contributed by atoms with E-state index in [-0.39, 0.29) is 11.5 Å². The van der Waals surface area contributed by atoms with E-state index in [1.807, 2.05) is 18.3 Å². The lowest BCUT2D eigenvalue weighted by Gasteiger charge is -2.47. The van der Waals surface area contributed by atoms with Crippen LogP contribution in [0.15, 0.2) is 48.7 Å². The average Bonchev–Trinajstić information content (AvgIpc) is 3.42. The predicted octanol–water partition coefficient (Wildman–Crippen LogP) is 4.63. The fourth-order valence-corrected chi connectivity index (χ4v) is 5.38. The first-order chi connectivity index (χ1) is 17.7. The standard InChI is InChI=1S/C25H31N3O2.C2HF3O2/c29-24(28-13-5-6-14-28)17-20-18-25(30-23-9-2-1-8-22(20)23)10-15-27(16-11-25)19-21-7-3-4-12-26-21;3-2(4,5)1(6)7/h1-4,7-9,12,20H,5-6,10-11,13-19H2;(H,6,7). The van der Waals surface area contributed by atoms with Gasteiger partial charge in [0.1, 0.15) is 11.4 Å². The lowest BCUT2D eigenvalue weighted by atomic mass is 9.76. The number of carbonyl (C=O) groups is 2. The van der Waals surface area contributed by atoms with Crippen molar-refractivity contribution in [1.29, 1.82) is 0 Å². The van der Waals surface area contributed by atoms with Crippen molar-refractivity contribution in [3.63, 3.8) is 0 Å². The van der Waals surface area contributed by atoms with E-state index < -0.39 is 12.1 Å². The van der Waals surface area contributed by atoms with Gasteiger partial charge < -0.3 is 14.7 Å². The van der Waals surface area contributed by atoms with E-state index in [9.17, 15) is 18.0 Å². The third-order valence-corrected chi connectivity index (χ3v) is 7.31. The Labute approximate surface area is 214 Å². The number of hydrogen-bond acceptors (Lipinski definition) is 5. The Morgan fingerprint density at radius 2 is 1.68 bits per heavy atom. The molecule has 7 nitrogen and oxygen atoms in total. The highest BCUT2D eigenvalue weighted by Crippen LogP contribution is 2.46. The van der Waals surface area contributed by atoms with Crippen molar-refractivity contribution in [1.82, 2.24) is 14.8 Å². The molecule has 1 N–H and O–H groups in total. The SMILES string of the molecule is O=C(CC1CC2(CCN(Cc3ccccn3)CC2)Oc2ccccc21)N1CCCC1.O=C(O)C(F)(F)F. The smallest absolute Gasteiger partial charge is 0.487 e. The van der Waals surface area contributed by atoms with Gasteiger partial charge in [0.15, 0.2) is 0 Å². The number of carbonyl (C=O) groups excluding carboxylic acids is 1. The zero-order chi connectivity index (χ0) is 26.5. The molecule has 3 aliphatic rings. The molecule has 1 unspecified atom stereocenters. The lowest BCUT2D eigenvalue weighted by Crippen LogP contribution is -2.50. The van der Waals surface area contributed by atoms with Crippen LogP contribution in [0.3, 0.4) is 0 Å². The predicted molar refractivity (Wildman–Crippen MR) is 130 cm³/mol. The molecule has 0 aliphatic carbocycles. The normalized spacial score (nSPS) is 20.9. The third kappa shape index (κ3) is 7.00. The number of carboxylic acids is 1. The van der Waals surface area contributed by atoms with Gasteiger partial charge in [0.05, 0.1) is 5.69 Å². The Morgan fingerprint density at radius 3 is 2.30 bits per heavy atom. The first-order valence-electron chi connectivity index (χ1n) is 12.6. The second-order valence-corrected chi connectivity index (χ2v) is 9.92. The third-order valence-electron chi connectivity index (χ3n) is 7.31. The van der Waals surface area contributed by atoms with Gasteiger partial charge in [-0.25, -0.2) is 4.79 Å². The van der Waals surface area contributed by atoms with Crippen LogP contribution in [-0.2, 0) is 16.1 Å². The first-order valence-corrected chi connectivity index (χ1v) is 12.6. The van der Waals surface area contributed by atoms with Crippen LogP contribution in [0.4, 0.5) is 13.2 Å². The molecule has 1 aromatic heterocycles. The molecule has 37 heavy (non-hydrogen) atoms. The zero-order valence-corrected chi connectivity index (χ0v) is 20.6. The zero-order valence-electron chi connectivity index (χ0n) is 20.6. The number of ether oxygens (including phenoxy) is 1. The Morgan fingerprint density at radius 1 is 1.03 bits per heavy atom. The van der Waals surface area contributed by atoms with E-state index in [0.717, 1.165) is 76.3 Å². The molecule has 0 bridgehead atoms. The fraction of sp³-hybridized carbons (Fsp3) is 0.519. The van der Waals surface area contributed by atoms with Gasteiger partial charge in [-0.2, -0.15) is 13.2 Å². The molecule has 0 radical (unpaired) electrons. The number of halogens is 3. The molecule has 1 atom stereocenters. The van der Waals surface area contributed by atoms with Crippen LogP contribution in [0, 0.1) is 0 Å². The number of pyridine rings is 1. The maximum atomic E-state index is 12.9. The maximum Gasteiger partial charge on any atom is 0.490 e. The summed E-state index contributed by atoms with van der Waals surface area (Å²) in [4.78, 5) is 30.8. The van der Waals surface area contributed by atoms with Crippen molar-refractivity contribution in [2.45, 2.75) is 62.8 Å². The van der Waals surface area contributed by atoms with Crippen LogP contribution >= 0.6 is 0 Å². The minimum atomic E-state index is -5.08. The van der Waals surface area contributed by atoms with Gasteiger partial charge in [0, 0.05) is 51.3 Å². The van der Waals surface area contributed by atoms with Crippen LogP contribution in [0.25, 0.3) is 0 Å². The highest BCUT2D eigenvalue weighted by Gasteiger charge is 2.44. The number of para-hydroxylation sites is 1. The van der Waals surface area contributed by atoms with Gasteiger partial charge in [-0.3, -0.25) is 14.7 Å². The Hall–Kier alpha value is -3.14. The van der Waals surface area contributed by atoms with E-state index in [1.165, 1.54) is 5.56 Å². The number of fused-ring (bicyclic) bond motifs is 1. The van der Waals surface area contributed by atoms with Gasteiger partial charge in [0.2, 0.25) is 5.91 Å². The van der Waals surface area contributed by atoms with Crippen LogP contribution < -0.4 is 4.74 Å². The molecule has 3 aliphatic heterocycles. The van der Waals surface area contributed by atoms with E-state index in [2.05, 4.69) is 45.1 Å². The number of likely N-dealkylation sites (tertiary alicyclic amines) is 2. The second kappa shape index (κ2) is 11.5. The molecule has 1 aromatic carbocycles. The molecule has 2 aromatic rings. The van der Waals surface area contributed by atoms with E-state index in [0.29, 0.717) is 12.3 Å². The van der Waals surface area contributed by atoms with E-state index in [4.69, 9.17) is 14.6 Å².